The largest absolute Gasteiger partial charge is 0.480 e. The third kappa shape index (κ3) is 6.90. The first-order valence-corrected chi connectivity index (χ1v) is 5.70. The average molecular weight is 205 g/mol. The molecule has 0 saturated heterocycles. The molecule has 0 aliphatic carbocycles. The lowest BCUT2D eigenvalue weighted by Crippen LogP contribution is -2.39. The number of carboxylic acid groups (broad SMARTS) is 1. The van der Waals surface area contributed by atoms with Crippen molar-refractivity contribution in [2.75, 3.05) is 12.3 Å². The molecular formula is C9H19NO2S. The van der Waals surface area contributed by atoms with Gasteiger partial charge in [-0.1, -0.05) is 20.8 Å². The number of hydrogen-bond donors (Lipinski definition) is 2. The predicted octanol–water partition coefficient (Wildman–Crippen LogP) is 1.58. The Morgan fingerprint density at radius 3 is 2.54 bits per heavy atom. The van der Waals surface area contributed by atoms with Gasteiger partial charge in [-0.25, -0.2) is 0 Å². The van der Waals surface area contributed by atoms with Crippen molar-refractivity contribution in [1.29, 1.82) is 0 Å². The fourth-order valence-corrected chi connectivity index (χ4v) is 1.66. The molecule has 0 radical (unpaired) electrons. The van der Waals surface area contributed by atoms with Crippen LogP contribution in [0.25, 0.3) is 0 Å². The zero-order valence-corrected chi connectivity index (χ0v) is 9.36. The van der Waals surface area contributed by atoms with Crippen LogP contribution in [0, 0.1) is 0 Å². The van der Waals surface area contributed by atoms with Gasteiger partial charge in [-0.2, -0.15) is 11.8 Å². The number of thioether (sulfide) groups is 1. The van der Waals surface area contributed by atoms with Gasteiger partial charge in [0.15, 0.2) is 0 Å². The van der Waals surface area contributed by atoms with Gasteiger partial charge in [0.2, 0.25) is 0 Å². The van der Waals surface area contributed by atoms with Crippen molar-refractivity contribution in [2.24, 2.45) is 0 Å². The fraction of sp³-hybridized carbons (Fsp3) is 0.889. The maximum Gasteiger partial charge on any atom is 0.321 e. The zero-order chi connectivity index (χ0) is 10.3. The number of aliphatic carboxylic acids is 1. The topological polar surface area (TPSA) is 49.3 Å². The summed E-state index contributed by atoms with van der Waals surface area (Å²) in [5.74, 6) is -0.103. The Hall–Kier alpha value is -0.220. The highest BCUT2D eigenvalue weighted by Gasteiger charge is 2.16. The van der Waals surface area contributed by atoms with Gasteiger partial charge in [0.25, 0.3) is 0 Å². The lowest BCUT2D eigenvalue weighted by molar-refractivity contribution is -0.138. The van der Waals surface area contributed by atoms with Crippen LogP contribution < -0.4 is 5.32 Å². The first kappa shape index (κ1) is 12.8. The summed E-state index contributed by atoms with van der Waals surface area (Å²) < 4.78 is 0. The number of carboxylic acids is 1. The van der Waals surface area contributed by atoms with Crippen molar-refractivity contribution in [2.45, 2.75) is 38.5 Å². The van der Waals surface area contributed by atoms with Crippen molar-refractivity contribution < 1.29 is 9.90 Å². The lowest BCUT2D eigenvalue weighted by atomic mass is 10.3. The van der Waals surface area contributed by atoms with Crippen LogP contribution in [-0.2, 0) is 4.79 Å². The summed E-state index contributed by atoms with van der Waals surface area (Å²) in [5.41, 5.74) is 0. The van der Waals surface area contributed by atoms with Crippen LogP contribution in [0.5, 0.6) is 0 Å². The summed E-state index contributed by atoms with van der Waals surface area (Å²) in [7, 11) is 0. The van der Waals surface area contributed by atoms with Gasteiger partial charge in [0.1, 0.15) is 6.04 Å². The third-order valence-corrected chi connectivity index (χ3v) is 2.73. The Balaban J connectivity index is 3.74. The van der Waals surface area contributed by atoms with Gasteiger partial charge in [0, 0.05) is 5.75 Å². The Labute approximate surface area is 84.3 Å². The summed E-state index contributed by atoms with van der Waals surface area (Å²) in [5, 5.41) is 12.3. The van der Waals surface area contributed by atoms with Crippen LogP contribution in [0.1, 0.15) is 27.2 Å². The van der Waals surface area contributed by atoms with Crippen LogP contribution in [-0.4, -0.2) is 34.7 Å². The maximum atomic E-state index is 10.7. The first-order chi connectivity index (χ1) is 6.07. The quantitative estimate of drug-likeness (QED) is 0.662. The Bertz CT molecular complexity index is 151. The highest BCUT2D eigenvalue weighted by molar-refractivity contribution is 7.99. The summed E-state index contributed by atoms with van der Waals surface area (Å²) >= 11 is 1.67. The van der Waals surface area contributed by atoms with Crippen LogP contribution in [0.2, 0.25) is 0 Å². The predicted molar refractivity (Wildman–Crippen MR) is 57.3 cm³/mol. The Kier molecular flexibility index (Phi) is 7.09. The van der Waals surface area contributed by atoms with Gasteiger partial charge in [-0.15, -0.1) is 0 Å². The molecule has 0 heterocycles. The minimum atomic E-state index is -0.749. The van der Waals surface area contributed by atoms with Crippen LogP contribution >= 0.6 is 11.8 Å². The van der Waals surface area contributed by atoms with Crippen molar-refractivity contribution >= 4 is 17.7 Å². The molecule has 1 unspecified atom stereocenters. The van der Waals surface area contributed by atoms with E-state index in [0.29, 0.717) is 11.0 Å². The Morgan fingerprint density at radius 2 is 2.15 bits per heavy atom. The molecule has 13 heavy (non-hydrogen) atoms. The summed E-state index contributed by atoms with van der Waals surface area (Å²) in [6.07, 6.45) is 0.968. The van der Waals surface area contributed by atoms with Crippen LogP contribution in [0.4, 0.5) is 0 Å². The molecule has 78 valence electrons. The van der Waals surface area contributed by atoms with Crippen LogP contribution in [0.3, 0.4) is 0 Å². The normalized spacial score (nSPS) is 13.2. The standard InChI is InChI=1S/C9H19NO2S/c1-4-5-10-8(9(11)12)6-13-7(2)3/h7-8,10H,4-6H2,1-3H3,(H,11,12). The van der Waals surface area contributed by atoms with E-state index in [9.17, 15) is 4.79 Å². The van der Waals surface area contributed by atoms with Gasteiger partial charge in [-0.3, -0.25) is 4.79 Å². The molecule has 0 rings (SSSR count). The SMILES string of the molecule is CCCNC(CSC(C)C)C(=O)O. The van der Waals surface area contributed by atoms with Crippen molar-refractivity contribution in [1.82, 2.24) is 5.32 Å². The smallest absolute Gasteiger partial charge is 0.321 e. The second-order valence-electron chi connectivity index (χ2n) is 3.23. The fourth-order valence-electron chi connectivity index (χ4n) is 0.825. The van der Waals surface area contributed by atoms with Crippen molar-refractivity contribution in [3.05, 3.63) is 0 Å². The van der Waals surface area contributed by atoms with E-state index >= 15 is 0 Å². The number of carbonyl (C=O) groups is 1. The van der Waals surface area contributed by atoms with Gasteiger partial charge in [-0.05, 0) is 18.2 Å². The molecule has 0 aromatic carbocycles. The van der Waals surface area contributed by atoms with Gasteiger partial charge < -0.3 is 10.4 Å². The molecule has 1 atom stereocenters. The summed E-state index contributed by atoms with van der Waals surface area (Å²) in [6, 6.07) is -0.396. The number of rotatable bonds is 7. The molecule has 3 nitrogen and oxygen atoms in total. The molecule has 0 aromatic rings. The minimum absolute atomic E-state index is 0.396. The molecule has 2 N–H and O–H groups in total. The molecule has 0 fully saturated rings. The lowest BCUT2D eigenvalue weighted by Gasteiger charge is -2.14. The molecular weight excluding hydrogens is 186 g/mol. The molecule has 0 saturated carbocycles. The number of hydrogen-bond acceptors (Lipinski definition) is 3. The molecule has 0 amide bonds. The highest BCUT2D eigenvalue weighted by Crippen LogP contribution is 2.10. The average Bonchev–Trinajstić information content (AvgIpc) is 2.03. The van der Waals surface area contributed by atoms with Gasteiger partial charge >= 0.3 is 5.97 Å². The molecule has 0 aromatic heterocycles. The molecule has 0 bridgehead atoms. The van der Waals surface area contributed by atoms with E-state index in [4.69, 9.17) is 5.11 Å². The molecule has 4 heteroatoms. The first-order valence-electron chi connectivity index (χ1n) is 4.65. The van der Waals surface area contributed by atoms with E-state index < -0.39 is 12.0 Å². The maximum absolute atomic E-state index is 10.7. The second kappa shape index (κ2) is 7.21. The van der Waals surface area contributed by atoms with Crippen LogP contribution in [0.15, 0.2) is 0 Å². The second-order valence-corrected chi connectivity index (χ2v) is 4.84. The zero-order valence-electron chi connectivity index (χ0n) is 8.54. The highest BCUT2D eigenvalue weighted by atomic mass is 32.2. The minimum Gasteiger partial charge on any atom is -0.480 e. The van der Waals surface area contributed by atoms with E-state index in [0.717, 1.165) is 13.0 Å². The molecule has 0 aliphatic rings. The molecule has 0 spiro atoms. The molecule has 0 aliphatic heterocycles. The third-order valence-electron chi connectivity index (χ3n) is 1.54. The Morgan fingerprint density at radius 1 is 1.54 bits per heavy atom. The summed E-state index contributed by atoms with van der Waals surface area (Å²) in [6.45, 7) is 6.95. The van der Waals surface area contributed by atoms with E-state index in [1.165, 1.54) is 0 Å². The van der Waals surface area contributed by atoms with E-state index in [1.54, 1.807) is 11.8 Å². The summed E-state index contributed by atoms with van der Waals surface area (Å²) in [4.78, 5) is 10.7. The monoisotopic (exact) mass is 205 g/mol. The van der Waals surface area contributed by atoms with Crippen molar-refractivity contribution in [3.8, 4) is 0 Å². The van der Waals surface area contributed by atoms with Crippen molar-refractivity contribution in [3.63, 3.8) is 0 Å². The van der Waals surface area contributed by atoms with Gasteiger partial charge in [0.05, 0.1) is 0 Å². The van der Waals surface area contributed by atoms with E-state index in [2.05, 4.69) is 19.2 Å². The van der Waals surface area contributed by atoms with E-state index in [-0.39, 0.29) is 0 Å². The van der Waals surface area contributed by atoms with E-state index in [1.807, 2.05) is 6.92 Å². The number of nitrogens with one attached hydrogen (secondary N) is 1.